The van der Waals surface area contributed by atoms with Crippen molar-refractivity contribution in [3.05, 3.63) is 93.5 Å². The SMILES string of the molecule is O=C1COc2c(cccc2[C@@H](O)CNCCN(C(=O)CCN(CCc2ccc(Cl)c(Cl)c2)C(=O)OCc2ccccc2)C2CCCCC2)N1. The molecule has 0 unspecified atom stereocenters. The molecule has 262 valence electrons. The first-order chi connectivity index (χ1) is 23.8. The van der Waals surface area contributed by atoms with Gasteiger partial charge in [0.15, 0.2) is 6.61 Å². The molecule has 1 atom stereocenters. The minimum absolute atomic E-state index is 0.0223. The standard InChI is InChI=1S/C37H44Cl2N4O6/c38-30-15-14-26(22-31(30)39)16-19-42(37(47)49-24-27-8-3-1-4-9-27)20-17-35(46)43(28-10-5-2-6-11-28)21-18-40-23-33(44)29-12-7-13-32-36(29)48-25-34(45)41-32/h1,3-4,7-9,12-15,22,28,33,40,44H,2,5-6,10-11,16-21,23-25H2,(H,41,45)/t33-/m0/s1. The van der Waals surface area contributed by atoms with Crippen LogP contribution < -0.4 is 15.4 Å². The summed E-state index contributed by atoms with van der Waals surface area (Å²) >= 11 is 12.3. The summed E-state index contributed by atoms with van der Waals surface area (Å²) in [6.07, 6.45) is 4.49. The van der Waals surface area contributed by atoms with Crippen molar-refractivity contribution in [2.45, 2.75) is 63.7 Å². The van der Waals surface area contributed by atoms with Crippen LogP contribution in [0, 0.1) is 0 Å². The maximum absolute atomic E-state index is 13.8. The molecular weight excluding hydrogens is 667 g/mol. The summed E-state index contributed by atoms with van der Waals surface area (Å²) in [6.45, 7) is 1.78. The van der Waals surface area contributed by atoms with E-state index in [9.17, 15) is 19.5 Å². The number of hydrogen-bond donors (Lipinski definition) is 3. The van der Waals surface area contributed by atoms with E-state index in [0.29, 0.717) is 53.1 Å². The first kappa shape index (κ1) is 36.5. The number of hydrogen-bond acceptors (Lipinski definition) is 7. The Morgan fingerprint density at radius 1 is 0.959 bits per heavy atom. The molecule has 1 fully saturated rings. The highest BCUT2D eigenvalue weighted by Crippen LogP contribution is 2.35. The Kier molecular flexibility index (Phi) is 13.6. The smallest absolute Gasteiger partial charge is 0.410 e. The van der Waals surface area contributed by atoms with E-state index in [-0.39, 0.29) is 50.6 Å². The van der Waals surface area contributed by atoms with Gasteiger partial charge in [-0.05, 0) is 48.6 Å². The van der Waals surface area contributed by atoms with Gasteiger partial charge in [0.05, 0.1) is 21.8 Å². The highest BCUT2D eigenvalue weighted by Gasteiger charge is 2.27. The van der Waals surface area contributed by atoms with Crippen molar-refractivity contribution in [3.63, 3.8) is 0 Å². The van der Waals surface area contributed by atoms with Crippen molar-refractivity contribution < 1.29 is 29.0 Å². The molecule has 1 aliphatic heterocycles. The number of aliphatic hydroxyl groups is 1. The molecule has 12 heteroatoms. The number of para-hydroxylation sites is 1. The van der Waals surface area contributed by atoms with Gasteiger partial charge in [-0.2, -0.15) is 0 Å². The van der Waals surface area contributed by atoms with E-state index in [1.165, 1.54) is 0 Å². The average Bonchev–Trinajstić information content (AvgIpc) is 3.12. The van der Waals surface area contributed by atoms with Gasteiger partial charge >= 0.3 is 6.09 Å². The summed E-state index contributed by atoms with van der Waals surface area (Å²) in [7, 11) is 0. The van der Waals surface area contributed by atoms with E-state index in [0.717, 1.165) is 43.2 Å². The van der Waals surface area contributed by atoms with E-state index < -0.39 is 12.2 Å². The average molecular weight is 712 g/mol. The molecule has 3 amide bonds. The monoisotopic (exact) mass is 710 g/mol. The number of fused-ring (bicyclic) bond motifs is 1. The lowest BCUT2D eigenvalue weighted by Gasteiger charge is -2.35. The van der Waals surface area contributed by atoms with Crippen LogP contribution in [-0.2, 0) is 27.4 Å². The highest BCUT2D eigenvalue weighted by molar-refractivity contribution is 6.42. The Morgan fingerprint density at radius 2 is 1.76 bits per heavy atom. The van der Waals surface area contributed by atoms with Crippen LogP contribution in [0.25, 0.3) is 0 Å². The minimum atomic E-state index is -0.866. The maximum atomic E-state index is 13.8. The highest BCUT2D eigenvalue weighted by atomic mass is 35.5. The summed E-state index contributed by atoms with van der Waals surface area (Å²) in [5.74, 6) is 0.218. The number of amides is 3. The quantitative estimate of drug-likeness (QED) is 0.157. The van der Waals surface area contributed by atoms with Crippen LogP contribution in [0.15, 0.2) is 66.7 Å². The van der Waals surface area contributed by atoms with Crippen LogP contribution in [0.2, 0.25) is 10.0 Å². The Hall–Kier alpha value is -3.83. The van der Waals surface area contributed by atoms with Gasteiger partial charge in [-0.25, -0.2) is 4.79 Å². The third-order valence-electron chi connectivity index (χ3n) is 8.94. The topological polar surface area (TPSA) is 120 Å². The van der Waals surface area contributed by atoms with Gasteiger partial charge in [-0.1, -0.05) is 91.0 Å². The van der Waals surface area contributed by atoms with Gasteiger partial charge in [-0.3, -0.25) is 9.59 Å². The van der Waals surface area contributed by atoms with Crippen LogP contribution in [0.1, 0.15) is 61.3 Å². The number of aliphatic hydroxyl groups excluding tert-OH is 1. The van der Waals surface area contributed by atoms with Gasteiger partial charge in [0.2, 0.25) is 5.91 Å². The molecule has 0 bridgehead atoms. The molecule has 3 aromatic carbocycles. The fraction of sp³-hybridized carbons (Fsp3) is 0.432. The lowest BCUT2D eigenvalue weighted by atomic mass is 9.94. The second-order valence-corrected chi connectivity index (χ2v) is 13.2. The number of carbonyl (C=O) groups is 3. The zero-order chi connectivity index (χ0) is 34.6. The Bertz CT molecular complexity index is 1570. The molecule has 0 saturated heterocycles. The van der Waals surface area contributed by atoms with Gasteiger partial charge in [0, 0.05) is 50.7 Å². The summed E-state index contributed by atoms with van der Waals surface area (Å²) in [6, 6.07) is 20.3. The molecule has 5 rings (SSSR count). The maximum Gasteiger partial charge on any atom is 0.410 e. The predicted octanol–water partition coefficient (Wildman–Crippen LogP) is 6.38. The van der Waals surface area contributed by atoms with Crippen molar-refractivity contribution in [1.29, 1.82) is 0 Å². The fourth-order valence-electron chi connectivity index (χ4n) is 6.29. The molecule has 2 aliphatic rings. The second kappa shape index (κ2) is 18.2. The zero-order valence-electron chi connectivity index (χ0n) is 27.5. The van der Waals surface area contributed by atoms with E-state index in [1.54, 1.807) is 35.2 Å². The number of carbonyl (C=O) groups excluding carboxylic acids is 3. The van der Waals surface area contributed by atoms with Gasteiger partial charge in [0.25, 0.3) is 5.91 Å². The van der Waals surface area contributed by atoms with E-state index in [4.69, 9.17) is 32.7 Å². The van der Waals surface area contributed by atoms with Crippen molar-refractivity contribution in [2.75, 3.05) is 44.6 Å². The minimum Gasteiger partial charge on any atom is -0.481 e. The molecule has 0 radical (unpaired) electrons. The summed E-state index contributed by atoms with van der Waals surface area (Å²) in [5.41, 5.74) is 2.93. The van der Waals surface area contributed by atoms with Crippen LogP contribution in [0.5, 0.6) is 5.75 Å². The number of ether oxygens (including phenoxy) is 2. The lowest BCUT2D eigenvalue weighted by molar-refractivity contribution is -0.134. The van der Waals surface area contributed by atoms with Crippen molar-refractivity contribution in [1.82, 2.24) is 15.1 Å². The first-order valence-corrected chi connectivity index (χ1v) is 17.7. The molecule has 49 heavy (non-hydrogen) atoms. The van der Waals surface area contributed by atoms with E-state index in [2.05, 4.69) is 10.6 Å². The van der Waals surface area contributed by atoms with Crippen LogP contribution >= 0.6 is 23.2 Å². The van der Waals surface area contributed by atoms with Crippen LogP contribution in [0.3, 0.4) is 0 Å². The third-order valence-corrected chi connectivity index (χ3v) is 9.68. The molecule has 1 heterocycles. The first-order valence-electron chi connectivity index (χ1n) is 16.9. The molecular formula is C37H44Cl2N4O6. The number of nitrogens with zero attached hydrogens (tertiary/aromatic N) is 2. The zero-order valence-corrected chi connectivity index (χ0v) is 29.1. The van der Waals surface area contributed by atoms with E-state index in [1.807, 2.05) is 41.3 Å². The van der Waals surface area contributed by atoms with Crippen LogP contribution in [0.4, 0.5) is 10.5 Å². The second-order valence-electron chi connectivity index (χ2n) is 12.4. The normalized spacial score (nSPS) is 15.0. The van der Waals surface area contributed by atoms with Crippen molar-refractivity contribution in [2.24, 2.45) is 0 Å². The lowest BCUT2D eigenvalue weighted by Crippen LogP contribution is -2.46. The summed E-state index contributed by atoms with van der Waals surface area (Å²) < 4.78 is 11.3. The number of benzene rings is 3. The number of nitrogens with one attached hydrogen (secondary N) is 2. The molecule has 10 nitrogen and oxygen atoms in total. The Morgan fingerprint density at radius 3 is 2.53 bits per heavy atom. The van der Waals surface area contributed by atoms with Gasteiger partial charge < -0.3 is 35.0 Å². The largest absolute Gasteiger partial charge is 0.481 e. The van der Waals surface area contributed by atoms with Crippen LogP contribution in [-0.4, -0.2) is 78.2 Å². The Labute approximate surface area is 297 Å². The number of anilines is 1. The molecule has 0 spiro atoms. The Balaban J connectivity index is 1.19. The number of halogens is 2. The van der Waals surface area contributed by atoms with Crippen molar-refractivity contribution >= 4 is 46.8 Å². The summed E-state index contributed by atoms with van der Waals surface area (Å²) in [5, 5.41) is 17.9. The molecule has 3 aromatic rings. The number of rotatable bonds is 15. The predicted molar refractivity (Wildman–Crippen MR) is 190 cm³/mol. The molecule has 1 aliphatic carbocycles. The van der Waals surface area contributed by atoms with E-state index >= 15 is 0 Å². The molecule has 3 N–H and O–H groups in total. The fourth-order valence-corrected chi connectivity index (χ4v) is 6.61. The van der Waals surface area contributed by atoms with Gasteiger partial charge in [0.1, 0.15) is 12.4 Å². The summed E-state index contributed by atoms with van der Waals surface area (Å²) in [4.78, 5) is 42.4. The third kappa shape index (κ3) is 10.6. The molecule has 0 aromatic heterocycles. The molecule has 1 saturated carbocycles. The van der Waals surface area contributed by atoms with Crippen molar-refractivity contribution in [3.8, 4) is 5.75 Å². The van der Waals surface area contributed by atoms with Gasteiger partial charge in [-0.15, -0.1) is 0 Å².